The number of carbonyl (C=O) groups is 1. The molecule has 1 fully saturated rings. The number of benzene rings is 2. The van der Waals surface area contributed by atoms with Crippen LogP contribution in [0.2, 0.25) is 5.02 Å². The molecule has 10 heteroatoms. The van der Waals surface area contributed by atoms with Crippen molar-refractivity contribution in [3.05, 3.63) is 62.8 Å². The molecule has 3 rings (SSSR count). The lowest BCUT2D eigenvalue weighted by atomic mass is 10.1. The Morgan fingerprint density at radius 1 is 1.33 bits per heavy atom. The van der Waals surface area contributed by atoms with Crippen LogP contribution in [0.1, 0.15) is 5.56 Å². The molecule has 0 bridgehead atoms. The van der Waals surface area contributed by atoms with Gasteiger partial charge in [0, 0.05) is 16.8 Å². The number of hydrogen-bond acceptors (Lipinski definition) is 6. The number of thiocarbonyl (C=S) groups is 1. The van der Waals surface area contributed by atoms with E-state index in [9.17, 15) is 20.0 Å². The molecule has 27 heavy (non-hydrogen) atoms. The monoisotopic (exact) mass is 404 g/mol. The topological polar surface area (TPSA) is 108 Å². The lowest BCUT2D eigenvalue weighted by Gasteiger charge is -2.14. The van der Waals surface area contributed by atoms with Crippen molar-refractivity contribution in [2.75, 3.05) is 12.0 Å². The maximum Gasteiger partial charge on any atom is 0.281 e. The molecule has 0 spiro atoms. The van der Waals surface area contributed by atoms with Gasteiger partial charge in [-0.25, -0.2) is 0 Å². The van der Waals surface area contributed by atoms with Gasteiger partial charge in [-0.2, -0.15) is 0 Å². The van der Waals surface area contributed by atoms with Gasteiger partial charge in [-0.1, -0.05) is 17.7 Å². The lowest BCUT2D eigenvalue weighted by molar-refractivity contribution is -0.398. The fourth-order valence-corrected chi connectivity index (χ4v) is 3.01. The number of rotatable bonds is 4. The van der Waals surface area contributed by atoms with Crippen LogP contribution in [0.25, 0.3) is 6.08 Å². The molecule has 0 radical (unpaired) electrons. The van der Waals surface area contributed by atoms with Crippen LogP contribution in [0.3, 0.4) is 0 Å². The molecule has 8 nitrogen and oxygen atoms in total. The number of anilines is 1. The molecule has 0 aliphatic carbocycles. The van der Waals surface area contributed by atoms with Gasteiger partial charge >= 0.3 is 0 Å². The van der Waals surface area contributed by atoms with Crippen molar-refractivity contribution in [2.24, 2.45) is 0 Å². The highest BCUT2D eigenvalue weighted by molar-refractivity contribution is 7.80. The third-order valence-corrected chi connectivity index (χ3v) is 4.25. The van der Waals surface area contributed by atoms with Gasteiger partial charge in [0.05, 0.1) is 17.7 Å². The largest absolute Gasteiger partial charge is 0.865 e. The first-order chi connectivity index (χ1) is 12.8. The van der Waals surface area contributed by atoms with Crippen molar-refractivity contribution in [1.82, 2.24) is 5.32 Å². The Balaban J connectivity index is 2.01. The SMILES string of the molecule is COc1cc(/C=C2\NC(=S)N(c3cccc(Cl)c3)C2=O)cc([N+](=O)[O-])c1[O-]. The molecule has 1 heterocycles. The Morgan fingerprint density at radius 3 is 2.70 bits per heavy atom. The Hall–Kier alpha value is -3.17. The van der Waals surface area contributed by atoms with Crippen molar-refractivity contribution in [1.29, 1.82) is 0 Å². The Morgan fingerprint density at radius 2 is 2.07 bits per heavy atom. The molecule has 0 unspecified atom stereocenters. The van der Waals surface area contributed by atoms with Crippen LogP contribution in [0.4, 0.5) is 11.4 Å². The van der Waals surface area contributed by atoms with Crippen molar-refractivity contribution < 1.29 is 19.6 Å². The molecule has 0 aromatic heterocycles. The molecule has 2 aromatic rings. The van der Waals surface area contributed by atoms with Gasteiger partial charge in [0.15, 0.2) is 5.11 Å². The number of methoxy groups -OCH3 is 1. The van der Waals surface area contributed by atoms with E-state index >= 15 is 0 Å². The van der Waals surface area contributed by atoms with Crippen molar-refractivity contribution >= 4 is 52.3 Å². The summed E-state index contributed by atoms with van der Waals surface area (Å²) in [7, 11) is 1.23. The smallest absolute Gasteiger partial charge is 0.281 e. The van der Waals surface area contributed by atoms with Crippen LogP contribution in [0.5, 0.6) is 11.5 Å². The highest BCUT2D eigenvalue weighted by atomic mass is 35.5. The molecule has 1 aliphatic heterocycles. The van der Waals surface area contributed by atoms with Crippen LogP contribution >= 0.6 is 23.8 Å². The highest BCUT2D eigenvalue weighted by Gasteiger charge is 2.32. The van der Waals surface area contributed by atoms with Crippen LogP contribution in [0.15, 0.2) is 42.1 Å². The molecule has 0 saturated carbocycles. The minimum Gasteiger partial charge on any atom is -0.865 e. The Kier molecular flexibility index (Phi) is 4.98. The second kappa shape index (κ2) is 7.22. The zero-order chi connectivity index (χ0) is 19.7. The van der Waals surface area contributed by atoms with E-state index in [2.05, 4.69) is 5.32 Å². The Bertz CT molecular complexity index is 1010. The van der Waals surface area contributed by atoms with Crippen LogP contribution in [-0.2, 0) is 4.79 Å². The lowest BCUT2D eigenvalue weighted by Crippen LogP contribution is -2.30. The predicted molar refractivity (Wildman–Crippen MR) is 102 cm³/mol. The van der Waals surface area contributed by atoms with E-state index in [0.29, 0.717) is 10.7 Å². The number of ether oxygens (including phenoxy) is 1. The van der Waals surface area contributed by atoms with Crippen molar-refractivity contribution in [3.8, 4) is 11.5 Å². The fraction of sp³-hybridized carbons (Fsp3) is 0.0588. The first kappa shape index (κ1) is 18.6. The summed E-state index contributed by atoms with van der Waals surface area (Å²) < 4.78 is 4.89. The van der Waals surface area contributed by atoms with E-state index in [1.165, 1.54) is 24.2 Å². The van der Waals surface area contributed by atoms with Gasteiger partial charge in [0.1, 0.15) is 11.4 Å². The molecule has 1 amide bonds. The molecule has 138 valence electrons. The minimum atomic E-state index is -0.841. The van der Waals surface area contributed by atoms with Crippen LogP contribution in [0, 0.1) is 10.1 Å². The van der Waals surface area contributed by atoms with E-state index in [1.54, 1.807) is 24.3 Å². The number of nitro groups is 1. The van der Waals surface area contributed by atoms with Gasteiger partial charge in [-0.15, -0.1) is 0 Å². The van der Waals surface area contributed by atoms with Gasteiger partial charge in [0.2, 0.25) is 0 Å². The summed E-state index contributed by atoms with van der Waals surface area (Å²) in [4.78, 5) is 24.2. The zero-order valence-corrected chi connectivity index (χ0v) is 15.3. The number of nitrogens with one attached hydrogen (secondary N) is 1. The summed E-state index contributed by atoms with van der Waals surface area (Å²) in [6, 6.07) is 8.96. The second-order valence-corrected chi connectivity index (χ2v) is 6.26. The third kappa shape index (κ3) is 3.55. The first-order valence-electron chi connectivity index (χ1n) is 7.48. The number of hydrogen-bond donors (Lipinski definition) is 1. The summed E-state index contributed by atoms with van der Waals surface area (Å²) in [5.41, 5.74) is 0.160. The summed E-state index contributed by atoms with van der Waals surface area (Å²) in [5, 5.41) is 26.3. The molecule has 1 saturated heterocycles. The standard InChI is InChI=1S/C17H12ClN3O5S/c1-26-14-7-9(6-13(15(14)22)21(24)25)5-12-16(23)20(17(27)19-12)11-4-2-3-10(18)8-11/h2-8,22H,1H3,(H,19,27)/p-1/b12-5-. The molecule has 2 aromatic carbocycles. The molecular formula is C17H11ClN3O5S-. The maximum absolute atomic E-state index is 12.7. The summed E-state index contributed by atoms with van der Waals surface area (Å²) >= 11 is 11.2. The normalized spacial score (nSPS) is 15.2. The maximum atomic E-state index is 12.7. The molecule has 1 N–H and O–H groups in total. The van der Waals surface area contributed by atoms with E-state index in [4.69, 9.17) is 28.6 Å². The van der Waals surface area contributed by atoms with Gasteiger partial charge < -0.3 is 15.2 Å². The highest BCUT2D eigenvalue weighted by Crippen LogP contribution is 2.35. The van der Waals surface area contributed by atoms with E-state index in [0.717, 1.165) is 6.07 Å². The minimum absolute atomic E-state index is 0.0926. The van der Waals surface area contributed by atoms with Crippen LogP contribution in [-0.4, -0.2) is 23.1 Å². The first-order valence-corrected chi connectivity index (χ1v) is 8.26. The quantitative estimate of drug-likeness (QED) is 0.361. The average molecular weight is 405 g/mol. The number of nitro benzene ring substituents is 1. The molecule has 1 aliphatic rings. The van der Waals surface area contributed by atoms with Crippen molar-refractivity contribution in [2.45, 2.75) is 0 Å². The summed E-state index contributed by atoms with van der Waals surface area (Å²) in [5.74, 6) is -1.50. The molecular weight excluding hydrogens is 394 g/mol. The van der Waals surface area contributed by atoms with Crippen molar-refractivity contribution in [3.63, 3.8) is 0 Å². The predicted octanol–water partition coefficient (Wildman–Crippen LogP) is 2.59. The van der Waals surface area contributed by atoms with Gasteiger partial charge in [-0.3, -0.25) is 19.8 Å². The average Bonchev–Trinajstić information content (AvgIpc) is 2.89. The van der Waals surface area contributed by atoms with Gasteiger partial charge in [-0.05, 0) is 48.1 Å². The number of amides is 1. The number of nitrogens with zero attached hydrogens (tertiary/aromatic N) is 2. The number of halogens is 1. The van der Waals surface area contributed by atoms with Gasteiger partial charge in [0.25, 0.3) is 11.6 Å². The van der Waals surface area contributed by atoms with Crippen LogP contribution < -0.4 is 20.1 Å². The summed E-state index contributed by atoms with van der Waals surface area (Å²) in [6.07, 6.45) is 1.36. The molecule has 0 atom stereocenters. The van der Waals surface area contributed by atoms with E-state index in [-0.39, 0.29) is 22.1 Å². The van der Waals surface area contributed by atoms with E-state index in [1.807, 2.05) is 0 Å². The fourth-order valence-electron chi connectivity index (χ4n) is 2.53. The van der Waals surface area contributed by atoms with E-state index < -0.39 is 22.3 Å². The third-order valence-electron chi connectivity index (χ3n) is 3.73. The second-order valence-electron chi connectivity index (χ2n) is 5.44. The zero-order valence-electron chi connectivity index (χ0n) is 13.8. The Labute approximate surface area is 163 Å². The summed E-state index contributed by atoms with van der Waals surface area (Å²) in [6.45, 7) is 0. The number of carbonyl (C=O) groups excluding carboxylic acids is 1.